The number of carbonyl (C=O) groups excluding carboxylic acids is 1. The monoisotopic (exact) mass is 336 g/mol. The maximum Gasteiger partial charge on any atom is 0.351 e. The van der Waals surface area contributed by atoms with Crippen LogP contribution in [0.3, 0.4) is 0 Å². The number of esters is 1. The highest BCUT2D eigenvalue weighted by molar-refractivity contribution is 9.10. The standard InChI is InChI=1S/C8H6BrClN4O2S/c1-14-3(5(9)12-13-14)7-11-6(10)4(17-7)8(15)16-2/h1-2H3. The minimum absolute atomic E-state index is 0.116. The number of aryl methyl sites for hydroxylation is 1. The summed E-state index contributed by atoms with van der Waals surface area (Å²) in [5, 5.41) is 8.32. The van der Waals surface area contributed by atoms with Crippen molar-refractivity contribution in [3.63, 3.8) is 0 Å². The first-order chi connectivity index (χ1) is 8.04. The topological polar surface area (TPSA) is 69.9 Å². The van der Waals surface area contributed by atoms with Crippen LogP contribution >= 0.6 is 38.9 Å². The molecule has 90 valence electrons. The van der Waals surface area contributed by atoms with E-state index >= 15 is 0 Å². The van der Waals surface area contributed by atoms with Crippen molar-refractivity contribution in [1.29, 1.82) is 0 Å². The van der Waals surface area contributed by atoms with Crippen molar-refractivity contribution in [2.24, 2.45) is 7.05 Å². The minimum Gasteiger partial charge on any atom is -0.465 e. The minimum atomic E-state index is -0.509. The molecule has 2 aromatic rings. The van der Waals surface area contributed by atoms with E-state index in [-0.39, 0.29) is 10.0 Å². The van der Waals surface area contributed by atoms with Gasteiger partial charge in [0.15, 0.2) is 14.6 Å². The van der Waals surface area contributed by atoms with Gasteiger partial charge in [-0.05, 0) is 15.9 Å². The highest BCUT2D eigenvalue weighted by Gasteiger charge is 2.21. The Hall–Kier alpha value is -0.990. The molecule has 0 aliphatic carbocycles. The van der Waals surface area contributed by atoms with Gasteiger partial charge in [0.2, 0.25) is 0 Å². The zero-order valence-corrected chi connectivity index (χ0v) is 11.9. The molecule has 0 aliphatic heterocycles. The summed E-state index contributed by atoms with van der Waals surface area (Å²) in [4.78, 5) is 15.8. The lowest BCUT2D eigenvalue weighted by atomic mass is 10.5. The van der Waals surface area contributed by atoms with Gasteiger partial charge in [-0.25, -0.2) is 14.5 Å². The van der Waals surface area contributed by atoms with E-state index in [0.29, 0.717) is 15.3 Å². The lowest BCUT2D eigenvalue weighted by Gasteiger charge is -1.95. The number of aromatic nitrogens is 4. The zero-order valence-electron chi connectivity index (χ0n) is 8.77. The summed E-state index contributed by atoms with van der Waals surface area (Å²) in [5.41, 5.74) is 0.659. The third-order valence-corrected chi connectivity index (χ3v) is 3.91. The highest BCUT2D eigenvalue weighted by Crippen LogP contribution is 2.33. The van der Waals surface area contributed by atoms with Crippen LogP contribution in [0.15, 0.2) is 4.60 Å². The number of rotatable bonds is 2. The number of nitrogens with zero attached hydrogens (tertiary/aromatic N) is 4. The second-order valence-corrected chi connectivity index (χ2v) is 5.09. The Morgan fingerprint density at radius 2 is 2.29 bits per heavy atom. The molecule has 2 aromatic heterocycles. The summed E-state index contributed by atoms with van der Waals surface area (Å²) in [7, 11) is 3.01. The van der Waals surface area contributed by atoms with E-state index in [1.54, 1.807) is 11.7 Å². The summed E-state index contributed by atoms with van der Waals surface area (Å²) in [6.45, 7) is 0. The van der Waals surface area contributed by atoms with Crippen LogP contribution in [0.25, 0.3) is 10.7 Å². The van der Waals surface area contributed by atoms with Crippen LogP contribution in [0.4, 0.5) is 0 Å². The molecule has 0 saturated heterocycles. The van der Waals surface area contributed by atoms with Crippen LogP contribution in [0.1, 0.15) is 9.67 Å². The van der Waals surface area contributed by atoms with E-state index in [1.165, 1.54) is 7.11 Å². The van der Waals surface area contributed by atoms with Gasteiger partial charge in [-0.1, -0.05) is 16.8 Å². The van der Waals surface area contributed by atoms with Gasteiger partial charge < -0.3 is 4.74 Å². The van der Waals surface area contributed by atoms with Crippen molar-refractivity contribution in [2.75, 3.05) is 7.11 Å². The quantitative estimate of drug-likeness (QED) is 0.785. The molecule has 0 amide bonds. The molecule has 0 bridgehead atoms. The van der Waals surface area contributed by atoms with Gasteiger partial charge in [-0.2, -0.15) is 0 Å². The van der Waals surface area contributed by atoms with E-state index in [2.05, 4.69) is 36.0 Å². The first-order valence-corrected chi connectivity index (χ1v) is 6.33. The Bertz CT molecular complexity index is 563. The Labute approximate surface area is 114 Å². The summed E-state index contributed by atoms with van der Waals surface area (Å²) < 4.78 is 6.69. The number of carbonyl (C=O) groups is 1. The van der Waals surface area contributed by atoms with Gasteiger partial charge in [0.25, 0.3) is 0 Å². The van der Waals surface area contributed by atoms with Gasteiger partial charge in [-0.3, -0.25) is 0 Å². The van der Waals surface area contributed by atoms with E-state index in [4.69, 9.17) is 11.6 Å². The Morgan fingerprint density at radius 3 is 2.82 bits per heavy atom. The average Bonchev–Trinajstić information content (AvgIpc) is 2.81. The number of halogens is 2. The molecule has 6 nitrogen and oxygen atoms in total. The molecule has 17 heavy (non-hydrogen) atoms. The number of methoxy groups -OCH3 is 1. The Balaban J connectivity index is 2.52. The molecule has 2 heterocycles. The van der Waals surface area contributed by atoms with Crippen molar-refractivity contribution < 1.29 is 9.53 Å². The van der Waals surface area contributed by atoms with Crippen LogP contribution in [0.5, 0.6) is 0 Å². The summed E-state index contributed by atoms with van der Waals surface area (Å²) in [6, 6.07) is 0. The average molecular weight is 338 g/mol. The molecule has 0 fully saturated rings. The maximum atomic E-state index is 11.4. The van der Waals surface area contributed by atoms with Gasteiger partial charge in [0, 0.05) is 7.05 Å². The molecule has 0 radical (unpaired) electrons. The van der Waals surface area contributed by atoms with Crippen molar-refractivity contribution in [3.8, 4) is 10.7 Å². The van der Waals surface area contributed by atoms with Crippen molar-refractivity contribution in [2.45, 2.75) is 0 Å². The van der Waals surface area contributed by atoms with Crippen LogP contribution < -0.4 is 0 Å². The van der Waals surface area contributed by atoms with Gasteiger partial charge in [-0.15, -0.1) is 16.4 Å². The maximum absolute atomic E-state index is 11.4. The SMILES string of the molecule is COC(=O)c1sc(-c2c(Br)nnn2C)nc1Cl. The zero-order chi connectivity index (χ0) is 12.6. The van der Waals surface area contributed by atoms with E-state index in [9.17, 15) is 4.79 Å². The van der Waals surface area contributed by atoms with Crippen LogP contribution in [0.2, 0.25) is 5.15 Å². The molecular formula is C8H6BrClN4O2S. The lowest BCUT2D eigenvalue weighted by Crippen LogP contribution is -1.98. The normalized spacial score (nSPS) is 10.6. The van der Waals surface area contributed by atoms with E-state index in [1.807, 2.05) is 0 Å². The molecule has 0 spiro atoms. The smallest absolute Gasteiger partial charge is 0.351 e. The molecule has 9 heteroatoms. The van der Waals surface area contributed by atoms with Gasteiger partial charge in [0.05, 0.1) is 7.11 Å². The third kappa shape index (κ3) is 2.20. The van der Waals surface area contributed by atoms with Gasteiger partial charge in [0.1, 0.15) is 10.7 Å². The number of thiazole rings is 1. The van der Waals surface area contributed by atoms with E-state index < -0.39 is 5.97 Å². The second kappa shape index (κ2) is 4.71. The summed E-state index contributed by atoms with van der Waals surface area (Å²) >= 11 is 10.3. The predicted molar refractivity (Wildman–Crippen MR) is 66.2 cm³/mol. The molecule has 0 aliphatic rings. The van der Waals surface area contributed by atoms with Crippen LogP contribution in [0, 0.1) is 0 Å². The number of hydrogen-bond acceptors (Lipinski definition) is 6. The molecule has 2 rings (SSSR count). The number of ether oxygens (including phenoxy) is 1. The van der Waals surface area contributed by atoms with Crippen molar-refractivity contribution >= 4 is 44.8 Å². The molecular weight excluding hydrogens is 332 g/mol. The van der Waals surface area contributed by atoms with E-state index in [0.717, 1.165) is 11.3 Å². The summed E-state index contributed by atoms with van der Waals surface area (Å²) in [5.74, 6) is -0.509. The lowest BCUT2D eigenvalue weighted by molar-refractivity contribution is 0.0606. The third-order valence-electron chi connectivity index (χ3n) is 1.94. The number of hydrogen-bond donors (Lipinski definition) is 0. The van der Waals surface area contributed by atoms with Crippen LogP contribution in [-0.2, 0) is 11.8 Å². The predicted octanol–water partition coefficient (Wildman–Crippen LogP) is 2.14. The highest BCUT2D eigenvalue weighted by atomic mass is 79.9. The Morgan fingerprint density at radius 1 is 1.59 bits per heavy atom. The molecule has 0 aromatic carbocycles. The fourth-order valence-electron chi connectivity index (χ4n) is 1.18. The first-order valence-electron chi connectivity index (χ1n) is 4.34. The molecule has 0 unspecified atom stereocenters. The fourth-order valence-corrected chi connectivity index (χ4v) is 3.11. The van der Waals surface area contributed by atoms with Crippen molar-refractivity contribution in [3.05, 3.63) is 14.6 Å². The first kappa shape index (κ1) is 12.5. The Kier molecular flexibility index (Phi) is 3.45. The van der Waals surface area contributed by atoms with Crippen molar-refractivity contribution in [1.82, 2.24) is 20.0 Å². The second-order valence-electron chi connectivity index (χ2n) is 2.98. The van der Waals surface area contributed by atoms with Crippen LogP contribution in [-0.4, -0.2) is 33.1 Å². The molecule has 0 saturated carbocycles. The molecule has 0 N–H and O–H groups in total. The molecule has 0 atom stereocenters. The van der Waals surface area contributed by atoms with Gasteiger partial charge >= 0.3 is 5.97 Å². The largest absolute Gasteiger partial charge is 0.465 e. The summed E-state index contributed by atoms with van der Waals surface area (Å²) in [6.07, 6.45) is 0. The fraction of sp³-hybridized carbons (Fsp3) is 0.250.